The number of nitrogens with one attached hydrogen (secondary N) is 1. The highest BCUT2D eigenvalue weighted by atomic mass is 32.1. The van der Waals surface area contributed by atoms with Crippen LogP contribution in [0.5, 0.6) is 11.5 Å². The summed E-state index contributed by atoms with van der Waals surface area (Å²) >= 11 is 1.37. The molecular weight excluding hydrogens is 330 g/mol. The van der Waals surface area contributed by atoms with Crippen LogP contribution in [0.4, 0.5) is 0 Å². The number of fused-ring (bicyclic) bond motifs is 1. The summed E-state index contributed by atoms with van der Waals surface area (Å²) in [6, 6.07) is 5.53. The lowest BCUT2D eigenvalue weighted by atomic mass is 10.1. The lowest BCUT2D eigenvalue weighted by Crippen LogP contribution is -2.26. The van der Waals surface area contributed by atoms with Crippen LogP contribution in [0.25, 0.3) is 10.1 Å². The Kier molecular flexibility index (Phi) is 6.16. The molecule has 0 unspecified atom stereocenters. The second-order valence-electron chi connectivity index (χ2n) is 5.53. The molecule has 1 aromatic heterocycles. The fraction of sp³-hybridized carbons (Fsp3) is 0.412. The predicted molar refractivity (Wildman–Crippen MR) is 92.9 cm³/mol. The molecule has 0 aliphatic rings. The first kappa shape index (κ1) is 18.2. The van der Waals surface area contributed by atoms with E-state index in [1.165, 1.54) is 11.3 Å². The Balaban J connectivity index is 2.06. The van der Waals surface area contributed by atoms with E-state index in [9.17, 15) is 9.59 Å². The maximum atomic E-state index is 12.3. The van der Waals surface area contributed by atoms with Crippen molar-refractivity contribution in [1.29, 1.82) is 0 Å². The second-order valence-corrected chi connectivity index (χ2v) is 6.61. The molecule has 0 radical (unpaired) electrons. The molecule has 0 fully saturated rings. The zero-order valence-electron chi connectivity index (χ0n) is 14.2. The highest BCUT2D eigenvalue weighted by Gasteiger charge is 2.15. The van der Waals surface area contributed by atoms with Gasteiger partial charge in [0.2, 0.25) is 0 Å². The van der Waals surface area contributed by atoms with Crippen LogP contribution in [-0.4, -0.2) is 32.0 Å². The lowest BCUT2D eigenvalue weighted by molar-refractivity contribution is -0.152. The van der Waals surface area contributed by atoms with E-state index in [1.54, 1.807) is 14.2 Å². The molecule has 0 aliphatic carbocycles. The molecule has 0 amide bonds. The topological polar surface area (TPSA) is 73.9 Å². The number of thiophene rings is 1. The molecule has 6 nitrogen and oxygen atoms in total. The summed E-state index contributed by atoms with van der Waals surface area (Å²) < 4.78 is 11.5. The minimum absolute atomic E-state index is 0.0391. The first-order valence-corrected chi connectivity index (χ1v) is 8.40. The number of methoxy groups -OCH3 is 2. The molecule has 2 rings (SSSR count). The Morgan fingerprint density at radius 3 is 2.38 bits per heavy atom. The molecule has 0 saturated heterocycles. The van der Waals surface area contributed by atoms with Gasteiger partial charge in [-0.3, -0.25) is 9.59 Å². The minimum atomic E-state index is -0.443. The van der Waals surface area contributed by atoms with Gasteiger partial charge in [0, 0.05) is 23.2 Å². The molecule has 130 valence electrons. The largest absolute Gasteiger partial charge is 0.493 e. The van der Waals surface area contributed by atoms with E-state index >= 15 is 0 Å². The van der Waals surface area contributed by atoms with Crippen molar-refractivity contribution in [2.45, 2.75) is 32.7 Å². The summed E-state index contributed by atoms with van der Waals surface area (Å²) in [5.41, 5.74) is 2.57. The molecule has 1 heterocycles. The molecule has 0 saturated carbocycles. The number of carbonyl (C=O) groups is 2. The monoisotopic (exact) mass is 351 g/mol. The van der Waals surface area contributed by atoms with Gasteiger partial charge in [0.25, 0.3) is 0 Å². The Labute approximate surface area is 144 Å². The molecule has 0 bridgehead atoms. The van der Waals surface area contributed by atoms with Crippen molar-refractivity contribution in [1.82, 2.24) is 5.48 Å². The van der Waals surface area contributed by atoms with Gasteiger partial charge in [0.15, 0.2) is 17.3 Å². The van der Waals surface area contributed by atoms with Crippen molar-refractivity contribution in [2.24, 2.45) is 0 Å². The molecule has 0 atom stereocenters. The van der Waals surface area contributed by atoms with Gasteiger partial charge >= 0.3 is 5.97 Å². The number of carbonyl (C=O) groups excluding carboxylic acids is 2. The maximum Gasteiger partial charge on any atom is 0.325 e. The average molecular weight is 351 g/mol. The van der Waals surface area contributed by atoms with Crippen molar-refractivity contribution in [2.75, 3.05) is 14.2 Å². The van der Waals surface area contributed by atoms with Crippen molar-refractivity contribution < 1.29 is 23.9 Å². The van der Waals surface area contributed by atoms with Crippen LogP contribution in [0.1, 0.15) is 36.4 Å². The van der Waals surface area contributed by atoms with Crippen molar-refractivity contribution in [3.8, 4) is 11.5 Å². The highest BCUT2D eigenvalue weighted by Crippen LogP contribution is 2.36. The van der Waals surface area contributed by atoms with E-state index in [0.29, 0.717) is 16.4 Å². The van der Waals surface area contributed by atoms with Crippen LogP contribution in [-0.2, 0) is 9.63 Å². The summed E-state index contributed by atoms with van der Waals surface area (Å²) in [6.45, 7) is 3.72. The molecule has 2 aromatic rings. The fourth-order valence-corrected chi connectivity index (χ4v) is 3.12. The first-order valence-electron chi connectivity index (χ1n) is 7.58. The third-order valence-corrected chi connectivity index (χ3v) is 4.40. The molecule has 7 heteroatoms. The van der Waals surface area contributed by atoms with E-state index in [-0.39, 0.29) is 24.7 Å². The normalized spacial score (nSPS) is 10.9. The Morgan fingerprint density at radius 1 is 1.08 bits per heavy atom. The van der Waals surface area contributed by atoms with Gasteiger partial charge in [-0.05, 0) is 31.4 Å². The van der Waals surface area contributed by atoms with Crippen LogP contribution >= 0.6 is 11.3 Å². The van der Waals surface area contributed by atoms with E-state index < -0.39 is 5.97 Å². The first-order chi connectivity index (χ1) is 11.4. The third-order valence-electron chi connectivity index (χ3n) is 3.26. The summed E-state index contributed by atoms with van der Waals surface area (Å²) in [4.78, 5) is 29.3. The smallest absolute Gasteiger partial charge is 0.325 e. The van der Waals surface area contributed by atoms with Gasteiger partial charge in [-0.25, -0.2) is 0 Å². The third kappa shape index (κ3) is 4.46. The van der Waals surface area contributed by atoms with Gasteiger partial charge in [-0.2, -0.15) is 5.48 Å². The number of hydrogen-bond acceptors (Lipinski definition) is 7. The molecule has 0 aliphatic heterocycles. The second kappa shape index (κ2) is 8.12. The van der Waals surface area contributed by atoms with Crippen molar-refractivity contribution in [3.63, 3.8) is 0 Å². The van der Waals surface area contributed by atoms with E-state index in [4.69, 9.17) is 14.3 Å². The molecular formula is C17H21NO5S. The number of rotatable bonds is 8. The Bertz CT molecular complexity index is 697. The van der Waals surface area contributed by atoms with E-state index in [1.807, 2.05) is 32.0 Å². The fourth-order valence-electron chi connectivity index (χ4n) is 2.08. The number of benzene rings is 1. The van der Waals surface area contributed by atoms with Gasteiger partial charge < -0.3 is 14.3 Å². The van der Waals surface area contributed by atoms with Crippen LogP contribution in [0, 0.1) is 0 Å². The standard InChI is InChI=1S/C17H21NO5S/c1-10(2)18-23-17(20)6-5-12(19)16-8-11-7-13(21-3)14(22-4)9-15(11)24-16/h7-10,18H,5-6H2,1-4H3. The SMILES string of the molecule is COc1cc2cc(C(=O)CCC(=O)ONC(C)C)sc2cc1OC. The number of ether oxygens (including phenoxy) is 2. The predicted octanol–water partition coefficient (Wildman–Crippen LogP) is 3.34. The summed E-state index contributed by atoms with van der Waals surface area (Å²) in [5.74, 6) is 0.705. The highest BCUT2D eigenvalue weighted by molar-refractivity contribution is 7.20. The average Bonchev–Trinajstić information content (AvgIpc) is 2.99. The number of hydrogen-bond donors (Lipinski definition) is 1. The Hall–Kier alpha value is -2.12. The van der Waals surface area contributed by atoms with Crippen LogP contribution < -0.4 is 15.0 Å². The van der Waals surface area contributed by atoms with E-state index in [0.717, 1.165) is 10.1 Å². The van der Waals surface area contributed by atoms with Crippen LogP contribution in [0.2, 0.25) is 0 Å². The van der Waals surface area contributed by atoms with Gasteiger partial charge in [0.1, 0.15) is 0 Å². The summed E-state index contributed by atoms with van der Waals surface area (Å²) in [6.07, 6.45) is 0.152. The Morgan fingerprint density at radius 2 is 1.75 bits per heavy atom. The zero-order chi connectivity index (χ0) is 17.7. The van der Waals surface area contributed by atoms with Gasteiger partial charge in [0.05, 0.1) is 25.5 Å². The van der Waals surface area contributed by atoms with Crippen molar-refractivity contribution >= 4 is 33.2 Å². The van der Waals surface area contributed by atoms with Gasteiger partial charge in [-0.15, -0.1) is 11.3 Å². The van der Waals surface area contributed by atoms with E-state index in [2.05, 4.69) is 5.48 Å². The maximum absolute atomic E-state index is 12.3. The van der Waals surface area contributed by atoms with Gasteiger partial charge in [-0.1, -0.05) is 0 Å². The van der Waals surface area contributed by atoms with Crippen LogP contribution in [0.3, 0.4) is 0 Å². The zero-order valence-corrected chi connectivity index (χ0v) is 15.0. The van der Waals surface area contributed by atoms with Crippen molar-refractivity contribution in [3.05, 3.63) is 23.1 Å². The molecule has 1 aromatic carbocycles. The summed E-state index contributed by atoms with van der Waals surface area (Å²) in [7, 11) is 3.14. The summed E-state index contributed by atoms with van der Waals surface area (Å²) in [5, 5.41) is 0.907. The molecule has 24 heavy (non-hydrogen) atoms. The number of ketones is 1. The quantitative estimate of drug-likeness (QED) is 0.581. The number of Topliss-reactive ketones (excluding diaryl/α,β-unsaturated/α-hetero) is 1. The van der Waals surface area contributed by atoms with Crippen LogP contribution in [0.15, 0.2) is 18.2 Å². The number of hydroxylamine groups is 1. The lowest BCUT2D eigenvalue weighted by Gasteiger charge is -2.07. The molecule has 1 N–H and O–H groups in total. The molecule has 0 spiro atoms. The minimum Gasteiger partial charge on any atom is -0.493 e.